The maximum Gasteiger partial charge on any atom is 0.387 e. The number of alkyl halides is 2. The maximum absolute atomic E-state index is 12.2. The molecule has 0 aliphatic rings. The lowest BCUT2D eigenvalue weighted by Gasteiger charge is -2.08. The Kier molecular flexibility index (Phi) is 5.03. The van der Waals surface area contributed by atoms with Gasteiger partial charge >= 0.3 is 6.61 Å². The van der Waals surface area contributed by atoms with Crippen LogP contribution in [0.3, 0.4) is 0 Å². The number of rotatable bonds is 6. The van der Waals surface area contributed by atoms with Gasteiger partial charge in [0.1, 0.15) is 11.5 Å². The van der Waals surface area contributed by atoms with Crippen molar-refractivity contribution in [3.63, 3.8) is 0 Å². The largest absolute Gasteiger partial charge is 0.497 e. The number of anilines is 2. The van der Waals surface area contributed by atoms with Crippen molar-refractivity contribution in [3.8, 4) is 22.6 Å². The van der Waals surface area contributed by atoms with Gasteiger partial charge in [-0.25, -0.2) is 9.97 Å². The smallest absolute Gasteiger partial charge is 0.387 e. The molecule has 5 nitrogen and oxygen atoms in total. The molecule has 7 heteroatoms. The Hall–Kier alpha value is -3.22. The minimum absolute atomic E-state index is 0.107. The number of hydrogen-bond acceptors (Lipinski definition) is 5. The Bertz CT molecular complexity index is 824. The van der Waals surface area contributed by atoms with Crippen LogP contribution in [-0.2, 0) is 0 Å². The summed E-state index contributed by atoms with van der Waals surface area (Å²) in [5.74, 6) is 1.28. The molecule has 0 bridgehead atoms. The van der Waals surface area contributed by atoms with Crippen LogP contribution < -0.4 is 14.8 Å². The molecule has 0 fully saturated rings. The van der Waals surface area contributed by atoms with E-state index in [0.717, 1.165) is 22.6 Å². The van der Waals surface area contributed by atoms with Gasteiger partial charge in [-0.15, -0.1) is 0 Å². The first-order chi connectivity index (χ1) is 12.1. The molecule has 1 aromatic heterocycles. The predicted molar refractivity (Wildman–Crippen MR) is 90.4 cm³/mol. The quantitative estimate of drug-likeness (QED) is 0.714. The highest BCUT2D eigenvalue weighted by molar-refractivity contribution is 5.64. The van der Waals surface area contributed by atoms with E-state index in [0.29, 0.717) is 5.95 Å². The molecule has 0 atom stereocenters. The Morgan fingerprint density at radius 2 is 1.64 bits per heavy atom. The first-order valence-electron chi connectivity index (χ1n) is 7.42. The van der Waals surface area contributed by atoms with Crippen LogP contribution in [0.2, 0.25) is 0 Å². The first kappa shape index (κ1) is 16.6. The van der Waals surface area contributed by atoms with Crippen LogP contribution >= 0.6 is 0 Å². The van der Waals surface area contributed by atoms with E-state index in [1.54, 1.807) is 31.6 Å². The third-order valence-electron chi connectivity index (χ3n) is 3.39. The summed E-state index contributed by atoms with van der Waals surface area (Å²) < 4.78 is 33.8. The lowest BCUT2D eigenvalue weighted by molar-refractivity contribution is -0.0498. The lowest BCUT2D eigenvalue weighted by atomic mass is 10.1. The Labute approximate surface area is 143 Å². The van der Waals surface area contributed by atoms with Gasteiger partial charge in [0.05, 0.1) is 7.11 Å². The molecule has 25 heavy (non-hydrogen) atoms. The second kappa shape index (κ2) is 7.57. The average Bonchev–Trinajstić information content (AvgIpc) is 2.63. The molecule has 128 valence electrons. The van der Waals surface area contributed by atoms with E-state index >= 15 is 0 Å². The van der Waals surface area contributed by atoms with Gasteiger partial charge in [0.2, 0.25) is 5.95 Å². The van der Waals surface area contributed by atoms with Gasteiger partial charge in [-0.2, -0.15) is 8.78 Å². The van der Waals surface area contributed by atoms with E-state index in [1.807, 2.05) is 24.3 Å². The summed E-state index contributed by atoms with van der Waals surface area (Å²) in [5, 5.41) is 3.08. The second-order valence-electron chi connectivity index (χ2n) is 5.06. The molecular weight excluding hydrogens is 328 g/mol. The molecule has 3 rings (SSSR count). The second-order valence-corrected chi connectivity index (χ2v) is 5.06. The number of benzene rings is 2. The van der Waals surface area contributed by atoms with Gasteiger partial charge in [0.25, 0.3) is 0 Å². The summed E-state index contributed by atoms with van der Waals surface area (Å²) in [7, 11) is 1.60. The summed E-state index contributed by atoms with van der Waals surface area (Å²) in [5.41, 5.74) is 2.37. The number of ether oxygens (including phenoxy) is 2. The summed E-state index contributed by atoms with van der Waals surface area (Å²) in [6, 6.07) is 13.7. The molecule has 0 amide bonds. The molecule has 3 aromatic rings. The van der Waals surface area contributed by atoms with Crippen LogP contribution in [0, 0.1) is 0 Å². The molecule has 0 unspecified atom stereocenters. The molecule has 0 saturated carbocycles. The third kappa shape index (κ3) is 4.41. The van der Waals surface area contributed by atoms with E-state index in [2.05, 4.69) is 20.0 Å². The third-order valence-corrected chi connectivity index (χ3v) is 3.39. The van der Waals surface area contributed by atoms with Crippen molar-refractivity contribution >= 4 is 11.6 Å². The number of nitrogens with zero attached hydrogens (tertiary/aromatic N) is 2. The van der Waals surface area contributed by atoms with Crippen LogP contribution in [0.4, 0.5) is 20.4 Å². The minimum Gasteiger partial charge on any atom is -0.497 e. The van der Waals surface area contributed by atoms with Gasteiger partial charge < -0.3 is 14.8 Å². The monoisotopic (exact) mass is 343 g/mol. The average molecular weight is 343 g/mol. The zero-order valence-electron chi connectivity index (χ0n) is 13.3. The Balaban J connectivity index is 1.71. The summed E-state index contributed by atoms with van der Waals surface area (Å²) in [6.45, 7) is -2.84. The van der Waals surface area contributed by atoms with Gasteiger partial charge in [-0.3, -0.25) is 0 Å². The molecule has 0 aliphatic carbocycles. The van der Waals surface area contributed by atoms with E-state index in [9.17, 15) is 8.78 Å². The van der Waals surface area contributed by atoms with E-state index in [1.165, 1.54) is 12.1 Å². The van der Waals surface area contributed by atoms with Gasteiger partial charge in [0, 0.05) is 29.7 Å². The zero-order chi connectivity index (χ0) is 17.6. The number of halogens is 2. The Morgan fingerprint density at radius 1 is 0.920 bits per heavy atom. The van der Waals surface area contributed by atoms with Gasteiger partial charge in [-0.1, -0.05) is 18.2 Å². The van der Waals surface area contributed by atoms with E-state index in [-0.39, 0.29) is 5.75 Å². The van der Waals surface area contributed by atoms with Crippen molar-refractivity contribution in [2.24, 2.45) is 0 Å². The maximum atomic E-state index is 12.2. The van der Waals surface area contributed by atoms with Gasteiger partial charge in [-0.05, 0) is 29.8 Å². The molecule has 0 saturated heterocycles. The van der Waals surface area contributed by atoms with Crippen LogP contribution in [0.1, 0.15) is 0 Å². The fraction of sp³-hybridized carbons (Fsp3) is 0.111. The first-order valence-corrected chi connectivity index (χ1v) is 7.42. The number of methoxy groups -OCH3 is 1. The Morgan fingerprint density at radius 3 is 2.28 bits per heavy atom. The lowest BCUT2D eigenvalue weighted by Crippen LogP contribution is -2.01. The van der Waals surface area contributed by atoms with Crippen molar-refractivity contribution in [3.05, 3.63) is 60.9 Å². The normalized spacial score (nSPS) is 10.6. The van der Waals surface area contributed by atoms with Crippen molar-refractivity contribution in [1.29, 1.82) is 0 Å². The molecule has 1 N–H and O–H groups in total. The van der Waals surface area contributed by atoms with Crippen molar-refractivity contribution in [2.75, 3.05) is 12.4 Å². The van der Waals surface area contributed by atoms with Crippen LogP contribution in [0.5, 0.6) is 11.5 Å². The molecule has 1 heterocycles. The van der Waals surface area contributed by atoms with Crippen LogP contribution in [-0.4, -0.2) is 23.7 Å². The van der Waals surface area contributed by atoms with Crippen LogP contribution in [0.15, 0.2) is 60.9 Å². The summed E-state index contributed by atoms with van der Waals surface area (Å²) in [4.78, 5) is 8.52. The van der Waals surface area contributed by atoms with E-state index in [4.69, 9.17) is 4.74 Å². The van der Waals surface area contributed by atoms with E-state index < -0.39 is 6.61 Å². The highest BCUT2D eigenvalue weighted by Gasteiger charge is 2.06. The fourth-order valence-corrected chi connectivity index (χ4v) is 2.20. The summed E-state index contributed by atoms with van der Waals surface area (Å²) in [6.07, 6.45) is 3.30. The van der Waals surface area contributed by atoms with Gasteiger partial charge in [0.15, 0.2) is 0 Å². The SMILES string of the molecule is COc1cccc(Nc2ncc(-c3ccc(OC(F)F)cc3)cn2)c1. The predicted octanol–water partition coefficient (Wildman–Crippen LogP) is 4.50. The van der Waals surface area contributed by atoms with Crippen molar-refractivity contribution in [1.82, 2.24) is 9.97 Å². The number of nitrogens with one attached hydrogen (secondary N) is 1. The zero-order valence-corrected chi connectivity index (χ0v) is 13.3. The van der Waals surface area contributed by atoms with Crippen LogP contribution in [0.25, 0.3) is 11.1 Å². The topological polar surface area (TPSA) is 56.3 Å². The molecular formula is C18H15F2N3O2. The molecule has 0 aliphatic heterocycles. The fourth-order valence-electron chi connectivity index (χ4n) is 2.20. The highest BCUT2D eigenvalue weighted by atomic mass is 19.3. The minimum atomic E-state index is -2.84. The summed E-state index contributed by atoms with van der Waals surface area (Å²) >= 11 is 0. The van der Waals surface area contributed by atoms with Crippen molar-refractivity contribution < 1.29 is 18.3 Å². The molecule has 2 aromatic carbocycles. The molecule has 0 radical (unpaired) electrons. The molecule has 0 spiro atoms. The highest BCUT2D eigenvalue weighted by Crippen LogP contribution is 2.24. The van der Waals surface area contributed by atoms with Crippen molar-refractivity contribution in [2.45, 2.75) is 6.61 Å². The number of aromatic nitrogens is 2. The number of hydrogen-bond donors (Lipinski definition) is 1. The standard InChI is InChI=1S/C18H15F2N3O2/c1-24-16-4-2-3-14(9-16)23-18-21-10-13(11-22-18)12-5-7-15(8-6-12)25-17(19)20/h2-11,17H,1H3,(H,21,22,23).